The lowest BCUT2D eigenvalue weighted by Crippen LogP contribution is -2.46. The molecule has 0 spiro atoms. The maximum atomic E-state index is 12.1. The average Bonchev–Trinajstić information content (AvgIpc) is 3.25. The van der Waals surface area contributed by atoms with Gasteiger partial charge in [-0.1, -0.05) is 6.92 Å². The van der Waals surface area contributed by atoms with Gasteiger partial charge in [-0.05, 0) is 42.7 Å². The monoisotopic (exact) mass is 432 g/mol. The zero-order chi connectivity index (χ0) is 22.1. The van der Waals surface area contributed by atoms with Crippen LogP contribution < -0.4 is 15.4 Å². The van der Waals surface area contributed by atoms with Gasteiger partial charge in [0.15, 0.2) is 0 Å². The molecule has 3 aromatic rings. The van der Waals surface area contributed by atoms with E-state index in [-0.39, 0.29) is 11.5 Å². The molecular formula is C24H28N6O2. The van der Waals surface area contributed by atoms with Crippen LogP contribution in [0.4, 0.5) is 11.5 Å². The lowest BCUT2D eigenvalue weighted by Gasteiger charge is -2.36. The second-order valence-electron chi connectivity index (χ2n) is 8.54. The third kappa shape index (κ3) is 4.10. The van der Waals surface area contributed by atoms with Gasteiger partial charge in [0, 0.05) is 57.4 Å². The van der Waals surface area contributed by atoms with Crippen LogP contribution >= 0.6 is 0 Å². The van der Waals surface area contributed by atoms with E-state index >= 15 is 0 Å². The predicted octanol–water partition coefficient (Wildman–Crippen LogP) is 2.33. The molecule has 0 radical (unpaired) electrons. The summed E-state index contributed by atoms with van der Waals surface area (Å²) < 4.78 is 0. The van der Waals surface area contributed by atoms with Gasteiger partial charge in [0.1, 0.15) is 5.82 Å². The zero-order valence-corrected chi connectivity index (χ0v) is 18.4. The molecule has 0 atom stereocenters. The van der Waals surface area contributed by atoms with E-state index in [9.17, 15) is 9.59 Å². The van der Waals surface area contributed by atoms with Crippen molar-refractivity contribution in [3.8, 4) is 0 Å². The number of carbonyl (C=O) groups is 1. The number of nitrogens with zero attached hydrogens (tertiary/aromatic N) is 5. The van der Waals surface area contributed by atoms with E-state index in [4.69, 9.17) is 0 Å². The van der Waals surface area contributed by atoms with Crippen LogP contribution in [0, 0.1) is 0 Å². The fourth-order valence-electron chi connectivity index (χ4n) is 4.55. The molecule has 5 heterocycles. The Hall–Kier alpha value is -3.26. The summed E-state index contributed by atoms with van der Waals surface area (Å²) in [5, 5.41) is 0. The molecule has 166 valence electrons. The number of hydrogen-bond donors (Lipinski definition) is 1. The van der Waals surface area contributed by atoms with Gasteiger partial charge < -0.3 is 9.88 Å². The molecule has 0 bridgehead atoms. The first kappa shape index (κ1) is 20.6. The van der Waals surface area contributed by atoms with Crippen molar-refractivity contribution in [3.63, 3.8) is 0 Å². The number of carbonyl (C=O) groups excluding carboxylic acids is 1. The standard InChI is InChI=1S/C24H28N6O2/c1-2-18-13-20-21(27-24(18)32)12-17(14-25-20)16-28-8-10-29(11-9-28)19-5-6-22(26-15-19)30-7-3-4-23(30)31/h5-6,12-15H,2-4,7-11,16H2,1H3,(H,27,32). The summed E-state index contributed by atoms with van der Waals surface area (Å²) >= 11 is 0. The molecule has 0 saturated carbocycles. The average molecular weight is 433 g/mol. The highest BCUT2D eigenvalue weighted by Crippen LogP contribution is 2.23. The zero-order valence-electron chi connectivity index (χ0n) is 18.4. The quantitative estimate of drug-likeness (QED) is 0.666. The van der Waals surface area contributed by atoms with Gasteiger partial charge in [0.25, 0.3) is 5.56 Å². The summed E-state index contributed by atoms with van der Waals surface area (Å²) in [6.07, 6.45) is 6.02. The first-order valence-corrected chi connectivity index (χ1v) is 11.4. The van der Waals surface area contributed by atoms with Crippen LogP contribution in [-0.2, 0) is 17.8 Å². The van der Waals surface area contributed by atoms with E-state index in [1.165, 1.54) is 0 Å². The summed E-state index contributed by atoms with van der Waals surface area (Å²) in [4.78, 5) is 42.6. The minimum Gasteiger partial charge on any atom is -0.368 e. The number of pyridine rings is 3. The van der Waals surface area contributed by atoms with Crippen LogP contribution in [0.15, 0.2) is 41.5 Å². The fourth-order valence-corrected chi connectivity index (χ4v) is 4.55. The number of anilines is 2. The van der Waals surface area contributed by atoms with Crippen LogP contribution in [0.25, 0.3) is 11.0 Å². The highest BCUT2D eigenvalue weighted by molar-refractivity contribution is 5.94. The number of H-pyrrole nitrogens is 1. The highest BCUT2D eigenvalue weighted by Gasteiger charge is 2.23. The smallest absolute Gasteiger partial charge is 0.251 e. The van der Waals surface area contributed by atoms with Crippen molar-refractivity contribution in [2.24, 2.45) is 0 Å². The second kappa shape index (κ2) is 8.70. The Morgan fingerprint density at radius 2 is 1.84 bits per heavy atom. The highest BCUT2D eigenvalue weighted by atomic mass is 16.2. The second-order valence-corrected chi connectivity index (χ2v) is 8.54. The number of hydrogen-bond acceptors (Lipinski definition) is 6. The van der Waals surface area contributed by atoms with E-state index in [0.717, 1.165) is 79.4 Å². The van der Waals surface area contributed by atoms with Crippen molar-refractivity contribution in [2.75, 3.05) is 42.5 Å². The van der Waals surface area contributed by atoms with Crippen LogP contribution in [-0.4, -0.2) is 58.5 Å². The molecule has 1 amide bonds. The molecule has 32 heavy (non-hydrogen) atoms. The molecule has 8 nitrogen and oxygen atoms in total. The minimum absolute atomic E-state index is 0.0266. The van der Waals surface area contributed by atoms with Crippen LogP contribution in [0.3, 0.4) is 0 Å². The Morgan fingerprint density at radius 1 is 1.00 bits per heavy atom. The van der Waals surface area contributed by atoms with E-state index in [2.05, 4.69) is 30.8 Å². The summed E-state index contributed by atoms with van der Waals surface area (Å²) in [6, 6.07) is 7.95. The van der Waals surface area contributed by atoms with E-state index in [1.807, 2.05) is 37.5 Å². The van der Waals surface area contributed by atoms with Crippen LogP contribution in [0.5, 0.6) is 0 Å². The van der Waals surface area contributed by atoms with Gasteiger partial charge in [0.2, 0.25) is 5.91 Å². The van der Waals surface area contributed by atoms with Gasteiger partial charge in [-0.25, -0.2) is 4.98 Å². The Bertz CT molecular complexity index is 1180. The molecule has 0 aliphatic carbocycles. The maximum absolute atomic E-state index is 12.1. The van der Waals surface area contributed by atoms with Gasteiger partial charge in [0.05, 0.1) is 22.9 Å². The summed E-state index contributed by atoms with van der Waals surface area (Å²) in [5.41, 5.74) is 4.57. The number of aromatic amines is 1. The lowest BCUT2D eigenvalue weighted by molar-refractivity contribution is -0.117. The number of aryl methyl sites for hydroxylation is 1. The first-order chi connectivity index (χ1) is 15.6. The van der Waals surface area contributed by atoms with E-state index in [0.29, 0.717) is 12.8 Å². The number of aromatic nitrogens is 3. The van der Waals surface area contributed by atoms with Crippen molar-refractivity contribution in [1.29, 1.82) is 0 Å². The van der Waals surface area contributed by atoms with E-state index < -0.39 is 0 Å². The fraction of sp³-hybridized carbons (Fsp3) is 0.417. The normalized spacial score (nSPS) is 17.5. The van der Waals surface area contributed by atoms with Crippen molar-refractivity contribution in [2.45, 2.75) is 32.7 Å². The minimum atomic E-state index is -0.0266. The number of fused-ring (bicyclic) bond motifs is 1. The summed E-state index contributed by atoms with van der Waals surface area (Å²) in [7, 11) is 0. The number of piperazine rings is 1. The van der Waals surface area contributed by atoms with Crippen molar-refractivity contribution in [1.82, 2.24) is 19.9 Å². The molecule has 5 rings (SSSR count). The molecule has 1 N–H and O–H groups in total. The third-order valence-corrected chi connectivity index (χ3v) is 6.43. The number of rotatable bonds is 5. The largest absolute Gasteiger partial charge is 0.368 e. The van der Waals surface area contributed by atoms with Gasteiger partial charge in [-0.15, -0.1) is 0 Å². The van der Waals surface area contributed by atoms with Crippen molar-refractivity contribution >= 4 is 28.4 Å². The van der Waals surface area contributed by atoms with Crippen molar-refractivity contribution in [3.05, 3.63) is 58.1 Å². The SMILES string of the molecule is CCc1cc2ncc(CN3CCN(c4ccc(N5CCCC5=O)nc4)CC3)cc2[nH]c1=O. The molecule has 3 aromatic heterocycles. The van der Waals surface area contributed by atoms with Crippen molar-refractivity contribution < 1.29 is 4.79 Å². The Morgan fingerprint density at radius 3 is 2.53 bits per heavy atom. The molecule has 2 fully saturated rings. The molecule has 0 aromatic carbocycles. The van der Waals surface area contributed by atoms with Crippen LogP contribution in [0.2, 0.25) is 0 Å². The van der Waals surface area contributed by atoms with Gasteiger partial charge >= 0.3 is 0 Å². The molecular weight excluding hydrogens is 404 g/mol. The summed E-state index contributed by atoms with van der Waals surface area (Å²) in [5.74, 6) is 0.916. The third-order valence-electron chi connectivity index (χ3n) is 6.43. The maximum Gasteiger partial charge on any atom is 0.251 e. The lowest BCUT2D eigenvalue weighted by atomic mass is 10.1. The molecule has 2 saturated heterocycles. The topological polar surface area (TPSA) is 85.4 Å². The first-order valence-electron chi connectivity index (χ1n) is 11.4. The predicted molar refractivity (Wildman–Crippen MR) is 125 cm³/mol. The number of amides is 1. The van der Waals surface area contributed by atoms with Gasteiger partial charge in [-0.3, -0.25) is 24.4 Å². The molecule has 2 aliphatic heterocycles. The number of nitrogens with one attached hydrogen (secondary N) is 1. The Balaban J connectivity index is 1.20. The molecule has 0 unspecified atom stereocenters. The molecule has 2 aliphatic rings. The van der Waals surface area contributed by atoms with Crippen LogP contribution in [0.1, 0.15) is 30.9 Å². The summed E-state index contributed by atoms with van der Waals surface area (Å²) in [6.45, 7) is 7.27. The Labute approximate surface area is 186 Å². The van der Waals surface area contributed by atoms with E-state index in [1.54, 1.807) is 4.90 Å². The molecule has 8 heteroatoms. The van der Waals surface area contributed by atoms with Gasteiger partial charge in [-0.2, -0.15) is 0 Å². The Kier molecular flexibility index (Phi) is 5.61.